The highest BCUT2D eigenvalue weighted by Crippen LogP contribution is 2.37. The number of halogens is 1. The number of carbonyl (C=O) groups excluding carboxylic acids is 2. The zero-order valence-corrected chi connectivity index (χ0v) is 16.6. The number of benzene rings is 2. The quantitative estimate of drug-likeness (QED) is 0.351. The highest BCUT2D eigenvalue weighted by atomic mass is 79.9. The molecule has 1 aliphatic rings. The molecular weight excluding hydrogens is 446 g/mol. The van der Waals surface area contributed by atoms with E-state index in [1.807, 2.05) is 30.3 Å². The van der Waals surface area contributed by atoms with E-state index in [0.717, 1.165) is 16.5 Å². The van der Waals surface area contributed by atoms with E-state index in [4.69, 9.17) is 9.84 Å². The van der Waals surface area contributed by atoms with Crippen molar-refractivity contribution in [1.29, 1.82) is 0 Å². The molecule has 2 aromatic carbocycles. The van der Waals surface area contributed by atoms with Crippen LogP contribution < -0.4 is 10.1 Å². The number of hydrogen-bond donors (Lipinski definition) is 2. The van der Waals surface area contributed by atoms with Crippen molar-refractivity contribution in [2.24, 2.45) is 0 Å². The average Bonchev–Trinajstić information content (AvgIpc) is 2.96. The zero-order chi connectivity index (χ0) is 21.0. The Bertz CT molecular complexity index is 993. The fourth-order valence-corrected chi connectivity index (χ4v) is 3.14. The van der Waals surface area contributed by atoms with Gasteiger partial charge in [-0.05, 0) is 21.5 Å². The first-order chi connectivity index (χ1) is 13.9. The second-order valence-electron chi connectivity index (χ2n) is 6.03. The van der Waals surface area contributed by atoms with Crippen LogP contribution in [0.25, 0.3) is 0 Å². The number of imide groups is 1. The number of nitro groups is 1. The summed E-state index contributed by atoms with van der Waals surface area (Å²) in [5.41, 5.74) is 0.485. The van der Waals surface area contributed by atoms with Crippen LogP contribution in [0.5, 0.6) is 5.75 Å². The van der Waals surface area contributed by atoms with Crippen LogP contribution in [0.2, 0.25) is 0 Å². The van der Waals surface area contributed by atoms with Crippen molar-refractivity contribution in [2.45, 2.75) is 6.61 Å². The van der Waals surface area contributed by atoms with Gasteiger partial charge in [0.25, 0.3) is 17.5 Å². The van der Waals surface area contributed by atoms with Gasteiger partial charge in [0.05, 0.1) is 22.5 Å². The van der Waals surface area contributed by atoms with Gasteiger partial charge >= 0.3 is 0 Å². The van der Waals surface area contributed by atoms with E-state index in [1.54, 1.807) is 0 Å². The molecule has 29 heavy (non-hydrogen) atoms. The van der Waals surface area contributed by atoms with Crippen LogP contribution in [-0.4, -0.2) is 39.9 Å². The largest absolute Gasteiger partial charge is 0.488 e. The Morgan fingerprint density at radius 3 is 2.59 bits per heavy atom. The Morgan fingerprint density at radius 2 is 1.93 bits per heavy atom. The van der Waals surface area contributed by atoms with Gasteiger partial charge in [-0.25, -0.2) is 0 Å². The Balaban J connectivity index is 1.87. The fraction of sp³-hybridized carbons (Fsp3) is 0.158. The monoisotopic (exact) mass is 461 g/mol. The van der Waals surface area contributed by atoms with Crippen LogP contribution in [0.15, 0.2) is 58.7 Å². The molecule has 2 aromatic rings. The highest BCUT2D eigenvalue weighted by molar-refractivity contribution is 9.10. The minimum Gasteiger partial charge on any atom is -0.488 e. The van der Waals surface area contributed by atoms with Gasteiger partial charge in [-0.1, -0.05) is 30.3 Å². The third kappa shape index (κ3) is 4.61. The molecule has 9 nitrogen and oxygen atoms in total. The minimum atomic E-state index is -0.673. The van der Waals surface area contributed by atoms with E-state index in [2.05, 4.69) is 21.2 Å². The number of carbonyl (C=O) groups is 2. The summed E-state index contributed by atoms with van der Waals surface area (Å²) in [7, 11) is 0. The maximum absolute atomic E-state index is 12.3. The number of nitrogens with one attached hydrogen (secondary N) is 1. The summed E-state index contributed by atoms with van der Waals surface area (Å²) in [4.78, 5) is 35.9. The summed E-state index contributed by atoms with van der Waals surface area (Å²) in [5.74, 6) is -0.952. The van der Waals surface area contributed by atoms with Gasteiger partial charge in [0.15, 0.2) is 0 Å². The molecular formula is C19H16BrN3O6. The Kier molecular flexibility index (Phi) is 6.25. The maximum Gasteiger partial charge on any atom is 0.294 e. The highest BCUT2D eigenvalue weighted by Gasteiger charge is 2.32. The van der Waals surface area contributed by atoms with Crippen molar-refractivity contribution in [2.75, 3.05) is 18.5 Å². The average molecular weight is 462 g/mol. The molecule has 150 valence electrons. The summed E-state index contributed by atoms with van der Waals surface area (Å²) in [6, 6.07) is 12.0. The fourth-order valence-electron chi connectivity index (χ4n) is 2.69. The molecule has 0 radical (unpaired) electrons. The van der Waals surface area contributed by atoms with Gasteiger partial charge in [-0.3, -0.25) is 24.6 Å². The van der Waals surface area contributed by atoms with E-state index in [-0.39, 0.29) is 36.8 Å². The van der Waals surface area contributed by atoms with Crippen LogP contribution in [0.4, 0.5) is 11.4 Å². The predicted molar refractivity (Wildman–Crippen MR) is 107 cm³/mol. The van der Waals surface area contributed by atoms with Crippen LogP contribution in [0.3, 0.4) is 0 Å². The van der Waals surface area contributed by atoms with Crippen molar-refractivity contribution < 1.29 is 24.4 Å². The normalized spacial score (nSPS) is 13.4. The Morgan fingerprint density at radius 1 is 1.21 bits per heavy atom. The van der Waals surface area contributed by atoms with Gasteiger partial charge in [0.2, 0.25) is 0 Å². The van der Waals surface area contributed by atoms with E-state index >= 15 is 0 Å². The van der Waals surface area contributed by atoms with Crippen molar-refractivity contribution in [3.05, 3.63) is 74.4 Å². The van der Waals surface area contributed by atoms with E-state index in [9.17, 15) is 19.7 Å². The number of β-amino-alcohol motifs (C(OH)–C–C–N with tert-alkyl or cyclic N) is 1. The van der Waals surface area contributed by atoms with Crippen LogP contribution in [0, 0.1) is 10.1 Å². The maximum atomic E-state index is 12.3. The lowest BCUT2D eigenvalue weighted by Gasteiger charge is -2.15. The van der Waals surface area contributed by atoms with Crippen molar-refractivity contribution >= 4 is 39.1 Å². The van der Waals surface area contributed by atoms with E-state index < -0.39 is 16.7 Å². The Hall–Kier alpha value is -3.24. The van der Waals surface area contributed by atoms with Crippen LogP contribution in [0.1, 0.15) is 5.56 Å². The van der Waals surface area contributed by atoms with Crippen LogP contribution in [-0.2, 0) is 16.2 Å². The number of nitro benzene ring substituents is 1. The summed E-state index contributed by atoms with van der Waals surface area (Å²) >= 11 is 3.26. The summed E-state index contributed by atoms with van der Waals surface area (Å²) < 4.78 is 6.12. The summed E-state index contributed by atoms with van der Waals surface area (Å²) in [5, 5.41) is 23.1. The molecule has 10 heteroatoms. The minimum absolute atomic E-state index is 0.000454. The first kappa shape index (κ1) is 20.5. The number of aliphatic hydroxyl groups is 1. The standard InChI is InChI=1S/C19H16BrN3O6/c20-13-8-16(23(27)28)14(9-17(13)29-11-12-4-2-1-3-5-12)21-15-10-18(25)22(6-7-24)19(15)26/h1-5,8-10,21,24H,6-7,11H2. The molecule has 1 heterocycles. The molecule has 0 saturated carbocycles. The number of aliphatic hydroxyl groups excluding tert-OH is 1. The number of rotatable bonds is 8. The lowest BCUT2D eigenvalue weighted by Crippen LogP contribution is -2.34. The lowest BCUT2D eigenvalue weighted by atomic mass is 10.2. The number of ether oxygens (including phenoxy) is 1. The molecule has 0 spiro atoms. The molecule has 0 atom stereocenters. The molecule has 2 amide bonds. The van der Waals surface area contributed by atoms with Gasteiger partial charge in [-0.15, -0.1) is 0 Å². The summed E-state index contributed by atoms with van der Waals surface area (Å²) in [6.45, 7) is -0.303. The van der Waals surface area contributed by atoms with Gasteiger partial charge in [-0.2, -0.15) is 0 Å². The zero-order valence-electron chi connectivity index (χ0n) is 15.0. The van der Waals surface area contributed by atoms with Crippen molar-refractivity contribution in [3.63, 3.8) is 0 Å². The SMILES string of the molecule is O=C1C=C(Nc2cc(OCc3ccccc3)c(Br)cc2[N+](=O)[O-])C(=O)N1CCO. The first-order valence-electron chi connectivity index (χ1n) is 8.50. The second kappa shape index (κ2) is 8.84. The number of nitrogens with zero attached hydrogens (tertiary/aromatic N) is 2. The third-order valence-electron chi connectivity index (χ3n) is 4.09. The van der Waals surface area contributed by atoms with E-state index in [1.165, 1.54) is 12.1 Å². The molecule has 0 saturated heterocycles. The third-order valence-corrected chi connectivity index (χ3v) is 4.71. The number of hydrogen-bond acceptors (Lipinski definition) is 7. The van der Waals surface area contributed by atoms with Crippen molar-refractivity contribution in [3.8, 4) is 5.75 Å². The second-order valence-corrected chi connectivity index (χ2v) is 6.89. The number of anilines is 1. The molecule has 2 N–H and O–H groups in total. The van der Waals surface area contributed by atoms with Gasteiger partial charge in [0.1, 0.15) is 23.7 Å². The van der Waals surface area contributed by atoms with Gasteiger partial charge in [0, 0.05) is 18.2 Å². The molecule has 0 bridgehead atoms. The van der Waals surface area contributed by atoms with Crippen molar-refractivity contribution in [1.82, 2.24) is 4.90 Å². The first-order valence-corrected chi connectivity index (χ1v) is 9.30. The Labute approximate surface area is 173 Å². The topological polar surface area (TPSA) is 122 Å². The molecule has 0 unspecified atom stereocenters. The molecule has 0 fully saturated rings. The molecule has 0 aliphatic carbocycles. The predicted octanol–water partition coefficient (Wildman–Crippen LogP) is 2.59. The smallest absolute Gasteiger partial charge is 0.294 e. The van der Waals surface area contributed by atoms with Gasteiger partial charge < -0.3 is 15.2 Å². The van der Waals surface area contributed by atoms with E-state index in [0.29, 0.717) is 10.2 Å². The number of amides is 2. The molecule has 3 rings (SSSR count). The van der Waals surface area contributed by atoms with Crippen LogP contribution >= 0.6 is 15.9 Å². The summed E-state index contributed by atoms with van der Waals surface area (Å²) in [6.07, 6.45) is 1.04. The molecule has 1 aliphatic heterocycles. The lowest BCUT2D eigenvalue weighted by molar-refractivity contribution is -0.384. The molecule has 0 aromatic heterocycles.